The van der Waals surface area contributed by atoms with Crippen LogP contribution in [-0.2, 0) is 9.53 Å². The Morgan fingerprint density at radius 2 is 2.05 bits per heavy atom. The molecule has 2 heterocycles. The van der Waals surface area contributed by atoms with Gasteiger partial charge in [-0.3, -0.25) is 9.69 Å². The maximum Gasteiger partial charge on any atom is 0.225 e. The lowest BCUT2D eigenvalue weighted by atomic mass is 10.1. The zero-order chi connectivity index (χ0) is 14.6. The van der Waals surface area contributed by atoms with E-state index in [9.17, 15) is 9.90 Å². The Hall–Kier alpha value is -0.690. The van der Waals surface area contributed by atoms with E-state index >= 15 is 0 Å². The molecule has 0 aromatic rings. The molecule has 0 bridgehead atoms. The third-order valence-corrected chi connectivity index (χ3v) is 3.74. The van der Waals surface area contributed by atoms with E-state index in [1.165, 1.54) is 0 Å². The van der Waals surface area contributed by atoms with Crippen LogP contribution in [0.3, 0.4) is 0 Å². The summed E-state index contributed by atoms with van der Waals surface area (Å²) in [6, 6.07) is 0. The SMILES string of the molecule is CC(C)(O)CN1CCN(C(=O)CC2CNCCO2)CC1. The van der Waals surface area contributed by atoms with Crippen molar-refractivity contribution in [3.05, 3.63) is 0 Å². The van der Waals surface area contributed by atoms with Crippen molar-refractivity contribution < 1.29 is 14.6 Å². The van der Waals surface area contributed by atoms with E-state index < -0.39 is 5.60 Å². The summed E-state index contributed by atoms with van der Waals surface area (Å²) >= 11 is 0. The molecule has 2 rings (SSSR count). The first-order valence-electron chi connectivity index (χ1n) is 7.49. The van der Waals surface area contributed by atoms with Gasteiger partial charge in [0, 0.05) is 45.8 Å². The molecule has 0 aliphatic carbocycles. The Balaban J connectivity index is 1.71. The molecule has 2 aliphatic rings. The van der Waals surface area contributed by atoms with E-state index in [4.69, 9.17) is 4.74 Å². The molecule has 0 saturated carbocycles. The van der Waals surface area contributed by atoms with Crippen LogP contribution < -0.4 is 5.32 Å². The van der Waals surface area contributed by atoms with E-state index in [0.717, 1.165) is 39.3 Å². The van der Waals surface area contributed by atoms with E-state index in [1.807, 2.05) is 18.7 Å². The number of piperazine rings is 1. The number of β-amino-alcohol motifs (C(OH)–C–C–N with tert-alkyl or cyclic N) is 1. The molecule has 1 unspecified atom stereocenters. The maximum atomic E-state index is 12.2. The average Bonchev–Trinajstić information content (AvgIpc) is 2.39. The summed E-state index contributed by atoms with van der Waals surface area (Å²) in [5, 5.41) is 13.1. The number of morpholine rings is 1. The molecule has 6 nitrogen and oxygen atoms in total. The van der Waals surface area contributed by atoms with Crippen LogP contribution in [0.4, 0.5) is 0 Å². The van der Waals surface area contributed by atoms with Gasteiger partial charge in [0.15, 0.2) is 0 Å². The van der Waals surface area contributed by atoms with Crippen molar-refractivity contribution in [3.8, 4) is 0 Å². The third kappa shape index (κ3) is 5.01. The van der Waals surface area contributed by atoms with Crippen molar-refractivity contribution in [1.29, 1.82) is 0 Å². The van der Waals surface area contributed by atoms with Crippen molar-refractivity contribution in [2.75, 3.05) is 52.4 Å². The first-order chi connectivity index (χ1) is 9.44. The van der Waals surface area contributed by atoms with Gasteiger partial charge in [0.2, 0.25) is 5.91 Å². The second-order valence-corrected chi connectivity index (χ2v) is 6.37. The monoisotopic (exact) mass is 285 g/mol. The first kappa shape index (κ1) is 15.7. The van der Waals surface area contributed by atoms with Crippen molar-refractivity contribution in [1.82, 2.24) is 15.1 Å². The summed E-state index contributed by atoms with van der Waals surface area (Å²) in [6.45, 7) is 9.78. The minimum Gasteiger partial charge on any atom is -0.389 e. The highest BCUT2D eigenvalue weighted by molar-refractivity contribution is 5.76. The van der Waals surface area contributed by atoms with Gasteiger partial charge in [-0.25, -0.2) is 0 Å². The van der Waals surface area contributed by atoms with Crippen molar-refractivity contribution in [2.45, 2.75) is 32.0 Å². The van der Waals surface area contributed by atoms with E-state index in [1.54, 1.807) is 0 Å². The smallest absolute Gasteiger partial charge is 0.225 e. The molecule has 2 aliphatic heterocycles. The van der Waals surface area contributed by atoms with Crippen LogP contribution in [0.5, 0.6) is 0 Å². The minimum absolute atomic E-state index is 0.0191. The van der Waals surface area contributed by atoms with Crippen LogP contribution in [0, 0.1) is 0 Å². The van der Waals surface area contributed by atoms with Gasteiger partial charge in [0.05, 0.1) is 24.7 Å². The molecule has 2 fully saturated rings. The van der Waals surface area contributed by atoms with Gasteiger partial charge in [0.1, 0.15) is 0 Å². The number of aliphatic hydroxyl groups is 1. The van der Waals surface area contributed by atoms with Gasteiger partial charge in [-0.15, -0.1) is 0 Å². The molecule has 2 saturated heterocycles. The summed E-state index contributed by atoms with van der Waals surface area (Å²) in [4.78, 5) is 16.3. The van der Waals surface area contributed by atoms with Crippen LogP contribution in [0.1, 0.15) is 20.3 Å². The largest absolute Gasteiger partial charge is 0.389 e. The fourth-order valence-electron chi connectivity index (χ4n) is 2.78. The molecular formula is C14H27N3O3. The number of amides is 1. The Labute approximate surface area is 121 Å². The van der Waals surface area contributed by atoms with Gasteiger partial charge in [-0.2, -0.15) is 0 Å². The van der Waals surface area contributed by atoms with Crippen molar-refractivity contribution in [3.63, 3.8) is 0 Å². The van der Waals surface area contributed by atoms with Crippen LogP contribution in [0.25, 0.3) is 0 Å². The molecule has 1 amide bonds. The number of nitrogens with zero attached hydrogens (tertiary/aromatic N) is 2. The lowest BCUT2D eigenvalue weighted by Crippen LogP contribution is -2.52. The first-order valence-corrected chi connectivity index (χ1v) is 7.49. The summed E-state index contributed by atoms with van der Waals surface area (Å²) in [5.74, 6) is 0.182. The minimum atomic E-state index is -0.673. The highest BCUT2D eigenvalue weighted by Gasteiger charge is 2.26. The topological polar surface area (TPSA) is 65.0 Å². The number of ether oxygens (including phenoxy) is 1. The molecule has 116 valence electrons. The van der Waals surface area contributed by atoms with Gasteiger partial charge < -0.3 is 20.1 Å². The summed E-state index contributed by atoms with van der Waals surface area (Å²) in [5.41, 5.74) is -0.673. The van der Waals surface area contributed by atoms with Crippen LogP contribution in [0.15, 0.2) is 0 Å². The van der Waals surface area contributed by atoms with Gasteiger partial charge in [-0.1, -0.05) is 0 Å². The van der Waals surface area contributed by atoms with E-state index in [2.05, 4.69) is 10.2 Å². The Bertz CT molecular complexity index is 316. The lowest BCUT2D eigenvalue weighted by Gasteiger charge is -2.37. The number of hydrogen-bond acceptors (Lipinski definition) is 5. The summed E-state index contributed by atoms with van der Waals surface area (Å²) in [6.07, 6.45) is 0.490. The van der Waals surface area contributed by atoms with Crippen LogP contribution in [-0.4, -0.2) is 84.9 Å². The Morgan fingerprint density at radius 1 is 1.35 bits per heavy atom. The lowest BCUT2D eigenvalue weighted by molar-refractivity contribution is -0.136. The molecule has 0 radical (unpaired) electrons. The van der Waals surface area contributed by atoms with E-state index in [-0.39, 0.29) is 12.0 Å². The standard InChI is InChI=1S/C14H27N3O3/c1-14(2,19)11-16-4-6-17(7-5-16)13(18)9-12-10-15-3-8-20-12/h12,15,19H,3-11H2,1-2H3. The molecule has 2 N–H and O–H groups in total. The highest BCUT2D eigenvalue weighted by Crippen LogP contribution is 2.11. The average molecular weight is 285 g/mol. The molecule has 0 aromatic heterocycles. The maximum absolute atomic E-state index is 12.2. The van der Waals surface area contributed by atoms with Gasteiger partial charge >= 0.3 is 0 Å². The molecule has 0 aromatic carbocycles. The summed E-state index contributed by atoms with van der Waals surface area (Å²) < 4.78 is 5.57. The Morgan fingerprint density at radius 3 is 2.60 bits per heavy atom. The van der Waals surface area contributed by atoms with Gasteiger partial charge in [-0.05, 0) is 13.8 Å². The number of hydrogen-bond donors (Lipinski definition) is 2. The van der Waals surface area contributed by atoms with E-state index in [0.29, 0.717) is 19.6 Å². The quantitative estimate of drug-likeness (QED) is 0.714. The second kappa shape index (κ2) is 6.85. The second-order valence-electron chi connectivity index (χ2n) is 6.37. The van der Waals surface area contributed by atoms with Crippen LogP contribution >= 0.6 is 0 Å². The number of carbonyl (C=O) groups excluding carboxylic acids is 1. The molecule has 1 atom stereocenters. The number of nitrogens with one attached hydrogen (secondary N) is 1. The normalized spacial score (nSPS) is 25.8. The Kier molecular flexibility index (Phi) is 5.37. The predicted molar refractivity (Wildman–Crippen MR) is 76.5 cm³/mol. The van der Waals surface area contributed by atoms with Crippen LogP contribution in [0.2, 0.25) is 0 Å². The zero-order valence-corrected chi connectivity index (χ0v) is 12.6. The molecule has 6 heteroatoms. The van der Waals surface area contributed by atoms with Gasteiger partial charge in [0.25, 0.3) is 0 Å². The number of rotatable bonds is 4. The van der Waals surface area contributed by atoms with Crippen molar-refractivity contribution in [2.24, 2.45) is 0 Å². The fraction of sp³-hybridized carbons (Fsp3) is 0.929. The molecule has 20 heavy (non-hydrogen) atoms. The third-order valence-electron chi connectivity index (χ3n) is 3.74. The summed E-state index contributed by atoms with van der Waals surface area (Å²) in [7, 11) is 0. The number of carbonyl (C=O) groups is 1. The molecule has 0 spiro atoms. The fourth-order valence-corrected chi connectivity index (χ4v) is 2.78. The zero-order valence-electron chi connectivity index (χ0n) is 12.6. The van der Waals surface area contributed by atoms with Crippen molar-refractivity contribution >= 4 is 5.91 Å². The highest BCUT2D eigenvalue weighted by atomic mass is 16.5. The predicted octanol–water partition coefficient (Wildman–Crippen LogP) is -0.720. The molecular weight excluding hydrogens is 258 g/mol.